The third-order valence-electron chi connectivity index (χ3n) is 3.47. The van der Waals surface area contributed by atoms with Gasteiger partial charge in [-0.25, -0.2) is 0 Å². The lowest BCUT2D eigenvalue weighted by atomic mass is 10.0. The van der Waals surface area contributed by atoms with Crippen LogP contribution in [-0.4, -0.2) is 28.5 Å². The Morgan fingerprint density at radius 3 is 2.62 bits per heavy atom. The van der Waals surface area contributed by atoms with Gasteiger partial charge in [0.15, 0.2) is 0 Å². The van der Waals surface area contributed by atoms with E-state index in [1.54, 1.807) is 24.3 Å². The summed E-state index contributed by atoms with van der Waals surface area (Å²) < 4.78 is 0. The molecule has 0 bridgehead atoms. The van der Waals surface area contributed by atoms with Crippen LogP contribution in [0.25, 0.3) is 0 Å². The maximum atomic E-state index is 12.5. The van der Waals surface area contributed by atoms with Crippen LogP contribution in [0.1, 0.15) is 22.0 Å². The van der Waals surface area contributed by atoms with Gasteiger partial charge in [0, 0.05) is 12.2 Å². The van der Waals surface area contributed by atoms with Crippen LogP contribution in [0.3, 0.4) is 0 Å². The molecular weight excluding hydrogens is 315 g/mol. The number of anilines is 1. The molecule has 0 fully saturated rings. The number of para-hydroxylation sites is 1. The molecule has 21 heavy (non-hydrogen) atoms. The summed E-state index contributed by atoms with van der Waals surface area (Å²) in [4.78, 5) is 28.0. The third-order valence-corrected chi connectivity index (χ3v) is 4.16. The van der Waals surface area contributed by atoms with Gasteiger partial charge in [0.25, 0.3) is 5.91 Å². The summed E-state index contributed by atoms with van der Waals surface area (Å²) >= 11 is 11.6. The lowest BCUT2D eigenvalue weighted by molar-refractivity contribution is -0.138. The monoisotopic (exact) mass is 324 g/mol. The number of hydrogen-bond acceptors (Lipinski definition) is 2. The predicted molar refractivity (Wildman–Crippen MR) is 79.3 cm³/mol. The summed E-state index contributed by atoms with van der Waals surface area (Å²) in [6.45, 7) is 0.0851. The topological polar surface area (TPSA) is 73.4 Å². The molecule has 0 saturated heterocycles. The molecule has 108 valence electrons. The molecule has 1 atom stereocenters. The van der Waals surface area contributed by atoms with E-state index in [0.717, 1.165) is 0 Å². The Morgan fingerprint density at radius 1 is 1.29 bits per heavy atom. The quantitative estimate of drug-likeness (QED) is 0.891. The van der Waals surface area contributed by atoms with E-state index in [9.17, 15) is 14.7 Å². The molecule has 2 heterocycles. The van der Waals surface area contributed by atoms with Gasteiger partial charge in [-0.3, -0.25) is 9.59 Å². The van der Waals surface area contributed by atoms with Gasteiger partial charge in [-0.1, -0.05) is 41.4 Å². The molecule has 0 saturated carbocycles. The van der Waals surface area contributed by atoms with Crippen LogP contribution < -0.4 is 4.90 Å². The smallest absolute Gasteiger partial charge is 0.312 e. The number of fused-ring (bicyclic) bond motifs is 1. The van der Waals surface area contributed by atoms with E-state index in [-0.39, 0.29) is 28.3 Å². The summed E-state index contributed by atoms with van der Waals surface area (Å²) in [5.74, 6) is -2.05. The van der Waals surface area contributed by atoms with Crippen molar-refractivity contribution < 1.29 is 14.7 Å². The highest BCUT2D eigenvalue weighted by atomic mass is 35.5. The second-order valence-electron chi connectivity index (χ2n) is 4.71. The SMILES string of the molecule is O=C(O)C1CN(C(=O)c2cc(Cl)c(Cl)[nH]2)c2ccccc21. The average molecular weight is 325 g/mol. The average Bonchev–Trinajstić information content (AvgIpc) is 3.00. The molecule has 1 unspecified atom stereocenters. The summed E-state index contributed by atoms with van der Waals surface area (Å²) in [7, 11) is 0. The molecule has 1 aromatic carbocycles. The molecule has 2 aromatic rings. The Hall–Kier alpha value is -1.98. The van der Waals surface area contributed by atoms with E-state index in [1.165, 1.54) is 11.0 Å². The predicted octanol–water partition coefficient (Wildman–Crippen LogP) is 3.15. The fourth-order valence-electron chi connectivity index (χ4n) is 2.48. The Bertz CT molecular complexity index is 722. The molecule has 1 amide bonds. The first-order chi connectivity index (χ1) is 9.99. The molecule has 0 spiro atoms. The minimum absolute atomic E-state index is 0.0851. The first-order valence-electron chi connectivity index (χ1n) is 6.16. The normalized spacial score (nSPS) is 16.9. The Kier molecular flexibility index (Phi) is 3.39. The second kappa shape index (κ2) is 5.09. The lowest BCUT2D eigenvalue weighted by Crippen LogP contribution is -2.31. The highest BCUT2D eigenvalue weighted by Gasteiger charge is 2.37. The van der Waals surface area contributed by atoms with E-state index in [4.69, 9.17) is 23.2 Å². The van der Waals surface area contributed by atoms with Crippen molar-refractivity contribution in [3.05, 3.63) is 51.8 Å². The highest BCUT2D eigenvalue weighted by Crippen LogP contribution is 2.37. The Balaban J connectivity index is 2.00. The van der Waals surface area contributed by atoms with Crippen LogP contribution in [-0.2, 0) is 4.79 Å². The van der Waals surface area contributed by atoms with Crippen LogP contribution in [0.2, 0.25) is 10.2 Å². The van der Waals surface area contributed by atoms with Crippen LogP contribution in [0.15, 0.2) is 30.3 Å². The minimum atomic E-state index is -0.958. The van der Waals surface area contributed by atoms with Crippen molar-refractivity contribution >= 4 is 40.8 Å². The van der Waals surface area contributed by atoms with Gasteiger partial charge >= 0.3 is 5.97 Å². The number of amides is 1. The molecule has 1 aliphatic rings. The zero-order chi connectivity index (χ0) is 15.1. The number of carboxylic acid groups (broad SMARTS) is 1. The van der Waals surface area contributed by atoms with Crippen molar-refractivity contribution in [2.24, 2.45) is 0 Å². The summed E-state index contributed by atoms with van der Waals surface area (Å²) in [5, 5.41) is 9.73. The first kappa shape index (κ1) is 14.0. The number of halogens is 2. The van der Waals surface area contributed by atoms with Crippen molar-refractivity contribution in [1.82, 2.24) is 4.98 Å². The third kappa shape index (κ3) is 2.28. The number of carbonyl (C=O) groups excluding carboxylic acids is 1. The van der Waals surface area contributed by atoms with Crippen molar-refractivity contribution in [1.29, 1.82) is 0 Å². The van der Waals surface area contributed by atoms with E-state index >= 15 is 0 Å². The van der Waals surface area contributed by atoms with Crippen LogP contribution in [0.5, 0.6) is 0 Å². The first-order valence-corrected chi connectivity index (χ1v) is 6.92. The largest absolute Gasteiger partial charge is 0.481 e. The molecule has 3 rings (SSSR count). The number of carboxylic acids is 1. The van der Waals surface area contributed by atoms with Crippen LogP contribution in [0, 0.1) is 0 Å². The second-order valence-corrected chi connectivity index (χ2v) is 5.50. The van der Waals surface area contributed by atoms with E-state index in [0.29, 0.717) is 11.3 Å². The summed E-state index contributed by atoms with van der Waals surface area (Å²) in [5.41, 5.74) is 1.45. The van der Waals surface area contributed by atoms with Crippen molar-refractivity contribution in [2.75, 3.05) is 11.4 Å². The number of aliphatic carboxylic acids is 1. The van der Waals surface area contributed by atoms with Crippen molar-refractivity contribution in [3.63, 3.8) is 0 Å². The molecule has 2 N–H and O–H groups in total. The van der Waals surface area contributed by atoms with Gasteiger partial charge in [-0.2, -0.15) is 0 Å². The lowest BCUT2D eigenvalue weighted by Gasteiger charge is -2.16. The van der Waals surface area contributed by atoms with Gasteiger partial charge in [0.05, 0.1) is 5.02 Å². The number of hydrogen-bond donors (Lipinski definition) is 2. The van der Waals surface area contributed by atoms with E-state index in [2.05, 4.69) is 4.98 Å². The molecular formula is C14H10Cl2N2O3. The van der Waals surface area contributed by atoms with Gasteiger partial charge < -0.3 is 15.0 Å². The highest BCUT2D eigenvalue weighted by molar-refractivity contribution is 6.41. The fourth-order valence-corrected chi connectivity index (χ4v) is 2.79. The summed E-state index contributed by atoms with van der Waals surface area (Å²) in [6.07, 6.45) is 0. The number of rotatable bonds is 2. The molecule has 1 aromatic heterocycles. The minimum Gasteiger partial charge on any atom is -0.481 e. The number of aromatic nitrogens is 1. The summed E-state index contributed by atoms with van der Waals surface area (Å²) in [6, 6.07) is 8.39. The number of nitrogens with one attached hydrogen (secondary N) is 1. The standard InChI is InChI=1S/C14H10Cl2N2O3/c15-9-5-10(17-12(9)16)13(19)18-6-8(14(20)21)7-3-1-2-4-11(7)18/h1-5,8,17H,6H2,(H,20,21). The maximum Gasteiger partial charge on any atom is 0.312 e. The molecule has 5 nitrogen and oxygen atoms in total. The van der Waals surface area contributed by atoms with Crippen LogP contribution in [0.4, 0.5) is 5.69 Å². The van der Waals surface area contributed by atoms with Gasteiger partial charge in [-0.05, 0) is 17.7 Å². The van der Waals surface area contributed by atoms with Gasteiger partial charge in [0.2, 0.25) is 0 Å². The zero-order valence-electron chi connectivity index (χ0n) is 10.6. The van der Waals surface area contributed by atoms with Crippen molar-refractivity contribution in [2.45, 2.75) is 5.92 Å². The maximum absolute atomic E-state index is 12.5. The molecule has 1 aliphatic heterocycles. The molecule has 0 radical (unpaired) electrons. The van der Waals surface area contributed by atoms with E-state index < -0.39 is 11.9 Å². The van der Waals surface area contributed by atoms with Gasteiger partial charge in [0.1, 0.15) is 16.8 Å². The Morgan fingerprint density at radius 2 is 2.00 bits per heavy atom. The van der Waals surface area contributed by atoms with Gasteiger partial charge in [-0.15, -0.1) is 0 Å². The zero-order valence-corrected chi connectivity index (χ0v) is 12.1. The molecule has 7 heteroatoms. The number of carbonyl (C=O) groups is 2. The van der Waals surface area contributed by atoms with Crippen LogP contribution >= 0.6 is 23.2 Å². The number of aromatic amines is 1. The number of nitrogens with zero attached hydrogens (tertiary/aromatic N) is 1. The Labute approximate surface area is 130 Å². The molecule has 0 aliphatic carbocycles. The number of H-pyrrole nitrogens is 1. The van der Waals surface area contributed by atoms with Crippen molar-refractivity contribution in [3.8, 4) is 0 Å². The van der Waals surface area contributed by atoms with E-state index in [1.807, 2.05) is 0 Å². The fraction of sp³-hybridized carbons (Fsp3) is 0.143. The number of benzene rings is 1.